The Kier molecular flexibility index (Phi) is 3.91. The maximum absolute atomic E-state index is 12.9. The molecule has 1 fully saturated rings. The van der Waals surface area contributed by atoms with Gasteiger partial charge < -0.3 is 15.0 Å². The van der Waals surface area contributed by atoms with Crippen LogP contribution in [0, 0.1) is 0 Å². The lowest BCUT2D eigenvalue weighted by molar-refractivity contribution is -0.303. The van der Waals surface area contributed by atoms with Crippen molar-refractivity contribution in [1.82, 2.24) is 19.7 Å². The molecule has 0 aliphatic carbocycles. The molecule has 24 heavy (non-hydrogen) atoms. The molecule has 7 nitrogen and oxygen atoms in total. The predicted molar refractivity (Wildman–Crippen MR) is 77.7 cm³/mol. The molecule has 10 heteroatoms. The number of halogens is 3. The third kappa shape index (κ3) is 2.80. The van der Waals surface area contributed by atoms with Crippen LogP contribution in [0.25, 0.3) is 5.69 Å². The molecule has 1 aliphatic rings. The number of nitrogens with one attached hydrogen (secondary N) is 1. The Bertz CT molecular complexity index is 726. The quantitative estimate of drug-likeness (QED) is 0.928. The van der Waals surface area contributed by atoms with Crippen LogP contribution in [0.5, 0.6) is 0 Å². The summed E-state index contributed by atoms with van der Waals surface area (Å²) in [4.78, 5) is 16.9. The number of methoxy groups -OCH3 is 1. The summed E-state index contributed by atoms with van der Waals surface area (Å²) in [6.07, 6.45) is 1.63. The minimum Gasteiger partial charge on any atom is -0.365 e. The van der Waals surface area contributed by atoms with Crippen molar-refractivity contribution in [1.29, 1.82) is 0 Å². The lowest BCUT2D eigenvalue weighted by atomic mass is 9.93. The Morgan fingerprint density at radius 2 is 2.00 bits per heavy atom. The summed E-state index contributed by atoms with van der Waals surface area (Å²) in [6.45, 7) is -1.09. The van der Waals surface area contributed by atoms with Crippen LogP contribution in [-0.4, -0.2) is 57.7 Å². The molecule has 3 heterocycles. The first-order valence-electron chi connectivity index (χ1n) is 6.97. The van der Waals surface area contributed by atoms with Crippen LogP contribution in [0.2, 0.25) is 0 Å². The molecule has 2 aromatic heterocycles. The van der Waals surface area contributed by atoms with E-state index in [0.717, 1.165) is 17.7 Å². The molecular formula is C14H14F3N5O2. The molecule has 0 saturated carbocycles. The maximum Gasteiger partial charge on any atom is 0.420 e. The number of hydrogen-bond donors (Lipinski definition) is 1. The number of urea groups is 1. The third-order valence-corrected chi connectivity index (χ3v) is 3.85. The fraction of sp³-hybridized carbons (Fsp3) is 0.357. The number of amides is 2. The highest BCUT2D eigenvalue weighted by Crippen LogP contribution is 2.40. The van der Waals surface area contributed by atoms with Crippen LogP contribution >= 0.6 is 0 Å². The van der Waals surface area contributed by atoms with Crippen molar-refractivity contribution in [3.63, 3.8) is 0 Å². The van der Waals surface area contributed by atoms with Gasteiger partial charge in [0.1, 0.15) is 0 Å². The zero-order valence-electron chi connectivity index (χ0n) is 12.6. The summed E-state index contributed by atoms with van der Waals surface area (Å²) in [7, 11) is 0.988. The first-order valence-corrected chi connectivity index (χ1v) is 6.97. The lowest BCUT2D eigenvalue weighted by Gasteiger charge is -2.48. The van der Waals surface area contributed by atoms with Crippen LogP contribution < -0.4 is 5.32 Å². The van der Waals surface area contributed by atoms with Gasteiger partial charge in [0.25, 0.3) is 0 Å². The van der Waals surface area contributed by atoms with Crippen LogP contribution in [-0.2, 0) is 4.74 Å². The number of ether oxygens (including phenoxy) is 1. The van der Waals surface area contributed by atoms with Crippen molar-refractivity contribution >= 4 is 11.7 Å². The predicted octanol–water partition coefficient (Wildman–Crippen LogP) is 2.06. The number of aromatic nitrogens is 3. The average Bonchev–Trinajstić information content (AvgIpc) is 2.94. The summed E-state index contributed by atoms with van der Waals surface area (Å²) in [5.41, 5.74) is -1.17. The number of carbonyl (C=O) groups excluding carboxylic acids is 1. The molecule has 2 amide bonds. The normalized spacial score (nSPS) is 16.6. The number of hydrogen-bond acceptors (Lipinski definition) is 4. The molecule has 0 spiro atoms. The molecule has 128 valence electrons. The van der Waals surface area contributed by atoms with Crippen LogP contribution in [0.15, 0.2) is 36.9 Å². The third-order valence-electron chi connectivity index (χ3n) is 3.85. The van der Waals surface area contributed by atoms with Crippen molar-refractivity contribution in [2.45, 2.75) is 11.8 Å². The van der Waals surface area contributed by atoms with Crippen molar-refractivity contribution in [3.05, 3.63) is 36.9 Å². The Morgan fingerprint density at radius 1 is 1.33 bits per heavy atom. The topological polar surface area (TPSA) is 72.3 Å². The van der Waals surface area contributed by atoms with Crippen molar-refractivity contribution in [2.24, 2.45) is 0 Å². The second kappa shape index (κ2) is 5.78. The second-order valence-electron chi connectivity index (χ2n) is 5.36. The van der Waals surface area contributed by atoms with E-state index in [4.69, 9.17) is 0 Å². The fourth-order valence-electron chi connectivity index (χ4n) is 2.37. The Balaban J connectivity index is 1.62. The molecular weight excluding hydrogens is 327 g/mol. The molecule has 2 aromatic rings. The number of alkyl halides is 3. The minimum atomic E-state index is -4.52. The number of anilines is 1. The average molecular weight is 341 g/mol. The second-order valence-corrected chi connectivity index (χ2v) is 5.36. The fourth-order valence-corrected chi connectivity index (χ4v) is 2.37. The highest BCUT2D eigenvalue weighted by atomic mass is 19.4. The van der Waals surface area contributed by atoms with Gasteiger partial charge >= 0.3 is 12.2 Å². The maximum atomic E-state index is 12.9. The van der Waals surface area contributed by atoms with Gasteiger partial charge in [-0.05, 0) is 12.1 Å². The monoisotopic (exact) mass is 341 g/mol. The molecule has 0 aromatic carbocycles. The molecule has 0 atom stereocenters. The van der Waals surface area contributed by atoms with E-state index in [1.165, 1.54) is 10.9 Å². The Hall–Kier alpha value is -2.62. The summed E-state index contributed by atoms with van der Waals surface area (Å²) < 4.78 is 44.8. The molecule has 1 aliphatic heterocycles. The van der Waals surface area contributed by atoms with E-state index in [-0.39, 0.29) is 0 Å². The smallest absolute Gasteiger partial charge is 0.365 e. The number of nitrogens with zero attached hydrogens (tertiary/aromatic N) is 4. The van der Waals surface area contributed by atoms with Gasteiger partial charge in [0.05, 0.1) is 36.9 Å². The van der Waals surface area contributed by atoms with E-state index < -0.39 is 30.9 Å². The molecule has 1 N–H and O–H groups in total. The first kappa shape index (κ1) is 16.2. The molecule has 1 saturated heterocycles. The molecule has 0 radical (unpaired) electrons. The van der Waals surface area contributed by atoms with Crippen molar-refractivity contribution < 1.29 is 22.7 Å². The SMILES string of the molecule is COC1(C(F)(F)F)CN(C(=O)Nc2cnn(-c3ccncc3)c2)C1. The zero-order valence-corrected chi connectivity index (χ0v) is 12.6. The van der Waals surface area contributed by atoms with Gasteiger partial charge in [-0.1, -0.05) is 0 Å². The van der Waals surface area contributed by atoms with E-state index in [1.807, 2.05) is 0 Å². The van der Waals surface area contributed by atoms with Crippen LogP contribution in [0.1, 0.15) is 0 Å². The summed E-state index contributed by atoms with van der Waals surface area (Å²) in [5.74, 6) is 0. The zero-order chi connectivity index (χ0) is 17.4. The van der Waals surface area contributed by atoms with Gasteiger partial charge in [-0.15, -0.1) is 0 Å². The number of rotatable bonds is 3. The minimum absolute atomic E-state index is 0.374. The summed E-state index contributed by atoms with van der Waals surface area (Å²) in [5, 5.41) is 6.59. The van der Waals surface area contributed by atoms with Crippen molar-refractivity contribution in [2.75, 3.05) is 25.5 Å². The van der Waals surface area contributed by atoms with Crippen LogP contribution in [0.3, 0.4) is 0 Å². The van der Waals surface area contributed by atoms with Gasteiger partial charge in [-0.3, -0.25) is 4.98 Å². The highest BCUT2D eigenvalue weighted by Gasteiger charge is 2.63. The number of pyridine rings is 1. The van der Waals surface area contributed by atoms with E-state index in [1.54, 1.807) is 30.7 Å². The van der Waals surface area contributed by atoms with Crippen molar-refractivity contribution in [3.8, 4) is 5.69 Å². The van der Waals surface area contributed by atoms with Gasteiger partial charge in [0.15, 0.2) is 5.60 Å². The van der Waals surface area contributed by atoms with Gasteiger partial charge in [0.2, 0.25) is 0 Å². The lowest BCUT2D eigenvalue weighted by Crippen LogP contribution is -2.71. The van der Waals surface area contributed by atoms with Gasteiger partial charge in [-0.25, -0.2) is 9.48 Å². The van der Waals surface area contributed by atoms with E-state index in [9.17, 15) is 18.0 Å². The van der Waals surface area contributed by atoms with E-state index >= 15 is 0 Å². The Labute approximate surface area is 135 Å². The summed E-state index contributed by atoms with van der Waals surface area (Å²) >= 11 is 0. The highest BCUT2D eigenvalue weighted by molar-refractivity contribution is 5.89. The Morgan fingerprint density at radius 3 is 2.58 bits per heavy atom. The van der Waals surface area contributed by atoms with Gasteiger partial charge in [-0.2, -0.15) is 18.3 Å². The number of likely N-dealkylation sites (tertiary alicyclic amines) is 1. The molecule has 3 rings (SSSR count). The van der Waals surface area contributed by atoms with Crippen LogP contribution in [0.4, 0.5) is 23.7 Å². The number of carbonyl (C=O) groups is 1. The van der Waals surface area contributed by atoms with E-state index in [2.05, 4.69) is 20.1 Å². The standard InChI is InChI=1S/C14H14F3N5O2/c1-24-13(14(15,16)17)8-21(9-13)12(23)20-10-6-19-22(7-10)11-2-4-18-5-3-11/h2-7H,8-9H2,1H3,(H,20,23). The molecule has 0 unspecified atom stereocenters. The largest absolute Gasteiger partial charge is 0.420 e. The first-order chi connectivity index (χ1) is 11.3. The van der Waals surface area contributed by atoms with Gasteiger partial charge in [0, 0.05) is 19.5 Å². The summed E-state index contributed by atoms with van der Waals surface area (Å²) in [6, 6.07) is 2.82. The molecule has 0 bridgehead atoms. The van der Waals surface area contributed by atoms with E-state index in [0.29, 0.717) is 5.69 Å².